The van der Waals surface area contributed by atoms with Gasteiger partial charge >= 0.3 is 0 Å². The first-order chi connectivity index (χ1) is 21.1. The summed E-state index contributed by atoms with van der Waals surface area (Å²) in [5, 5.41) is 7.19. The average Bonchev–Trinajstić information content (AvgIpc) is 3.79. The van der Waals surface area contributed by atoms with Crippen LogP contribution in [-0.2, 0) is 15.6 Å². The molecule has 0 saturated heterocycles. The van der Waals surface area contributed by atoms with Gasteiger partial charge < -0.3 is 29.7 Å². The highest BCUT2D eigenvalue weighted by molar-refractivity contribution is 7.85. The molecule has 232 valence electrons. The maximum absolute atomic E-state index is 13.5. The summed E-state index contributed by atoms with van der Waals surface area (Å²) < 4.78 is 21.6. The van der Waals surface area contributed by atoms with Gasteiger partial charge in [0.1, 0.15) is 5.75 Å². The molecule has 2 heterocycles. The number of carbonyl (C=O) groups is 1. The number of ether oxygens (including phenoxy) is 1. The molecular formula is C33H41N7O3S. The molecule has 1 aliphatic rings. The van der Waals surface area contributed by atoms with Gasteiger partial charge in [-0.05, 0) is 45.1 Å². The molecule has 0 spiro atoms. The highest BCUT2D eigenvalue weighted by Gasteiger charge is 2.28. The molecule has 1 atom stereocenters. The van der Waals surface area contributed by atoms with Crippen molar-refractivity contribution in [2.24, 2.45) is 0 Å². The third-order valence-corrected chi connectivity index (χ3v) is 9.23. The van der Waals surface area contributed by atoms with E-state index in [1.165, 1.54) is 6.08 Å². The normalized spacial score (nSPS) is 13.7. The summed E-state index contributed by atoms with van der Waals surface area (Å²) >= 11 is 0. The maximum atomic E-state index is 13.5. The number of hydrogen-bond acceptors (Lipinski definition) is 8. The number of nitrogens with one attached hydrogen (secondary N) is 2. The number of rotatable bonds is 13. The van der Waals surface area contributed by atoms with Gasteiger partial charge in [-0.1, -0.05) is 38.6 Å². The third kappa shape index (κ3) is 6.63. The Morgan fingerprint density at radius 3 is 2.59 bits per heavy atom. The largest absolute Gasteiger partial charge is 0.494 e. The summed E-state index contributed by atoms with van der Waals surface area (Å²) in [7, 11) is 6.28. The molecule has 44 heavy (non-hydrogen) atoms. The molecule has 11 heteroatoms. The van der Waals surface area contributed by atoms with Crippen molar-refractivity contribution in [3.05, 3.63) is 61.4 Å². The van der Waals surface area contributed by atoms with Gasteiger partial charge in [0, 0.05) is 66.4 Å². The van der Waals surface area contributed by atoms with Crippen molar-refractivity contribution in [3.63, 3.8) is 0 Å². The standard InChI is InChI=1S/C33H41N7O3S/c1-8-31(41)35-25-17-26(29(43-7)18-28(25)39(6)16-15-38(4)5)36-33-34-19-30(44(42)21(2)3)32(37-33)24-20-40(22-13-14-22)27-12-10-9-11-23(24)27/h8-12,17-22H,1,13-16H2,2-7H3,(H,35,41)(H,34,36,37). The Hall–Kier alpha value is -4.22. The number of benzene rings is 2. The van der Waals surface area contributed by atoms with Crippen molar-refractivity contribution in [2.45, 2.75) is 42.9 Å². The quantitative estimate of drug-likeness (QED) is 0.181. The highest BCUT2D eigenvalue weighted by atomic mass is 32.2. The Morgan fingerprint density at radius 1 is 1.18 bits per heavy atom. The molecular weight excluding hydrogens is 574 g/mol. The van der Waals surface area contributed by atoms with Crippen LogP contribution in [0.15, 0.2) is 66.3 Å². The number of amides is 1. The van der Waals surface area contributed by atoms with Crippen molar-refractivity contribution >= 4 is 50.6 Å². The van der Waals surface area contributed by atoms with E-state index in [1.807, 2.05) is 59.3 Å². The lowest BCUT2D eigenvalue weighted by molar-refractivity contribution is -0.111. The lowest BCUT2D eigenvalue weighted by Crippen LogP contribution is -2.29. The molecule has 2 aromatic heterocycles. The van der Waals surface area contributed by atoms with Crippen molar-refractivity contribution in [3.8, 4) is 17.0 Å². The second-order valence-electron chi connectivity index (χ2n) is 11.6. The molecule has 1 unspecified atom stereocenters. The predicted octanol–water partition coefficient (Wildman–Crippen LogP) is 5.82. The van der Waals surface area contributed by atoms with Crippen LogP contribution in [0.4, 0.5) is 23.0 Å². The van der Waals surface area contributed by atoms with Crippen molar-refractivity contribution in [1.29, 1.82) is 0 Å². The van der Waals surface area contributed by atoms with Crippen LogP contribution in [0.25, 0.3) is 22.2 Å². The van der Waals surface area contributed by atoms with E-state index >= 15 is 0 Å². The van der Waals surface area contributed by atoms with E-state index in [9.17, 15) is 9.00 Å². The molecule has 1 saturated carbocycles. The van der Waals surface area contributed by atoms with Gasteiger partial charge in [-0.2, -0.15) is 0 Å². The number of hydrogen-bond donors (Lipinski definition) is 2. The lowest BCUT2D eigenvalue weighted by atomic mass is 10.1. The Morgan fingerprint density at radius 2 is 1.93 bits per heavy atom. The summed E-state index contributed by atoms with van der Waals surface area (Å²) in [4.78, 5) is 26.7. The minimum atomic E-state index is -1.31. The minimum Gasteiger partial charge on any atom is -0.494 e. The van der Waals surface area contributed by atoms with Crippen LogP contribution >= 0.6 is 0 Å². The molecule has 1 aliphatic carbocycles. The van der Waals surface area contributed by atoms with Gasteiger partial charge in [0.15, 0.2) is 0 Å². The van der Waals surface area contributed by atoms with Gasteiger partial charge in [0.05, 0.1) is 45.6 Å². The molecule has 1 fully saturated rings. The van der Waals surface area contributed by atoms with Crippen molar-refractivity contribution < 1.29 is 13.7 Å². The molecule has 2 N–H and O–H groups in total. The Bertz CT molecular complexity index is 1710. The summed E-state index contributed by atoms with van der Waals surface area (Å²) in [6.45, 7) is 9.03. The zero-order valence-corrected chi connectivity index (χ0v) is 27.1. The minimum absolute atomic E-state index is 0.110. The number of likely N-dealkylation sites (N-methyl/N-ethyl adjacent to an activating group) is 2. The molecule has 2 aromatic carbocycles. The first-order valence-electron chi connectivity index (χ1n) is 14.8. The number of fused-ring (bicyclic) bond motifs is 1. The Balaban J connectivity index is 1.60. The molecule has 0 bridgehead atoms. The van der Waals surface area contributed by atoms with Crippen molar-refractivity contribution in [1.82, 2.24) is 19.4 Å². The van der Waals surface area contributed by atoms with Gasteiger partial charge in [-0.15, -0.1) is 0 Å². The maximum Gasteiger partial charge on any atom is 0.247 e. The lowest BCUT2D eigenvalue weighted by Gasteiger charge is -2.26. The fourth-order valence-electron chi connectivity index (χ4n) is 5.10. The highest BCUT2D eigenvalue weighted by Crippen LogP contribution is 2.43. The summed E-state index contributed by atoms with van der Waals surface area (Å²) in [5.74, 6) is 0.550. The van der Waals surface area contributed by atoms with E-state index in [1.54, 1.807) is 13.3 Å². The molecule has 0 radical (unpaired) electrons. The van der Waals surface area contributed by atoms with Crippen LogP contribution in [0.5, 0.6) is 5.75 Å². The number of para-hydroxylation sites is 1. The molecule has 10 nitrogen and oxygen atoms in total. The first kappa shape index (κ1) is 31.2. The number of aromatic nitrogens is 3. The number of methoxy groups -OCH3 is 1. The number of carbonyl (C=O) groups excluding carboxylic acids is 1. The topological polar surface area (TPSA) is 105 Å². The fraction of sp³-hybridized carbons (Fsp3) is 0.364. The zero-order valence-electron chi connectivity index (χ0n) is 26.3. The zero-order chi connectivity index (χ0) is 31.5. The van der Waals surface area contributed by atoms with Crippen LogP contribution in [0.2, 0.25) is 0 Å². The SMILES string of the molecule is C=CC(=O)Nc1cc(Nc2ncc(S(=O)C(C)C)c(-c3cn(C4CC4)c4ccccc34)n2)c(OC)cc1N(C)CCN(C)C. The molecule has 0 aliphatic heterocycles. The smallest absolute Gasteiger partial charge is 0.247 e. The van der Waals surface area contributed by atoms with E-state index in [0.717, 1.165) is 48.1 Å². The summed E-state index contributed by atoms with van der Waals surface area (Å²) in [6, 6.07) is 12.4. The van der Waals surface area contributed by atoms with E-state index in [-0.39, 0.29) is 11.2 Å². The number of anilines is 4. The second kappa shape index (κ2) is 13.2. The van der Waals surface area contributed by atoms with E-state index in [2.05, 4.69) is 54.9 Å². The van der Waals surface area contributed by atoms with Gasteiger partial charge in [0.25, 0.3) is 0 Å². The van der Waals surface area contributed by atoms with Crippen molar-refractivity contribution in [2.75, 3.05) is 56.9 Å². The van der Waals surface area contributed by atoms with Gasteiger partial charge in [-0.3, -0.25) is 9.00 Å². The first-order valence-corrected chi connectivity index (χ1v) is 16.0. The summed E-state index contributed by atoms with van der Waals surface area (Å²) in [6.07, 6.45) is 7.31. The average molecular weight is 616 g/mol. The summed E-state index contributed by atoms with van der Waals surface area (Å²) in [5.41, 5.74) is 4.64. The van der Waals surface area contributed by atoms with Crippen LogP contribution in [0.1, 0.15) is 32.7 Å². The van der Waals surface area contributed by atoms with Crippen LogP contribution in [0, 0.1) is 0 Å². The number of nitrogens with zero attached hydrogens (tertiary/aromatic N) is 5. The van der Waals surface area contributed by atoms with Gasteiger partial charge in [0.2, 0.25) is 11.9 Å². The monoisotopic (exact) mass is 615 g/mol. The van der Waals surface area contributed by atoms with Crippen LogP contribution in [-0.4, -0.2) is 76.1 Å². The van der Waals surface area contributed by atoms with Crippen LogP contribution in [0.3, 0.4) is 0 Å². The van der Waals surface area contributed by atoms with Crippen LogP contribution < -0.4 is 20.3 Å². The van der Waals surface area contributed by atoms with E-state index in [0.29, 0.717) is 39.7 Å². The molecule has 4 aromatic rings. The Kier molecular flexibility index (Phi) is 9.36. The molecule has 1 amide bonds. The van der Waals surface area contributed by atoms with E-state index < -0.39 is 10.8 Å². The van der Waals surface area contributed by atoms with Gasteiger partial charge in [-0.25, -0.2) is 9.97 Å². The molecule has 5 rings (SSSR count). The second-order valence-corrected chi connectivity index (χ2v) is 13.5. The predicted molar refractivity (Wildman–Crippen MR) is 180 cm³/mol. The fourth-order valence-corrected chi connectivity index (χ4v) is 6.11. The van der Waals surface area contributed by atoms with E-state index in [4.69, 9.17) is 9.72 Å². The Labute approximate surface area is 261 Å². The third-order valence-electron chi connectivity index (χ3n) is 7.64.